The Labute approximate surface area is 545 Å². The van der Waals surface area contributed by atoms with Gasteiger partial charge in [-0.25, -0.2) is 17.6 Å². The van der Waals surface area contributed by atoms with E-state index in [0.717, 1.165) is 33.0 Å². The van der Waals surface area contributed by atoms with Crippen molar-refractivity contribution in [1.82, 2.24) is 45.1 Å². The van der Waals surface area contributed by atoms with Crippen LogP contribution in [-0.2, 0) is 9.31 Å². The average molecular weight is 1290 g/mol. The molecule has 1 fully saturated rings. The molecular weight excluding hydrogens is 1240 g/mol. The smallest absolute Gasteiger partial charge is 0.459 e. The zero-order valence-corrected chi connectivity index (χ0v) is 51.6. The van der Waals surface area contributed by atoms with Gasteiger partial charge in [-0.05, 0) is 171 Å². The maximum absolute atomic E-state index is 15.2. The van der Waals surface area contributed by atoms with E-state index in [2.05, 4.69) is 51.1 Å². The van der Waals surface area contributed by atoms with Crippen LogP contribution in [0, 0.1) is 23.3 Å². The van der Waals surface area contributed by atoms with E-state index in [9.17, 15) is 27.6 Å². The van der Waals surface area contributed by atoms with Crippen molar-refractivity contribution in [3.8, 4) is 0 Å². The van der Waals surface area contributed by atoms with Crippen LogP contribution >= 0.6 is 0 Å². The van der Waals surface area contributed by atoms with Crippen molar-refractivity contribution in [3.63, 3.8) is 0 Å². The lowest BCUT2D eigenvalue weighted by Gasteiger charge is -2.32. The van der Waals surface area contributed by atoms with Crippen LogP contribution in [0.5, 0.6) is 0 Å². The molecule has 9 aromatic heterocycles. The van der Waals surface area contributed by atoms with E-state index in [4.69, 9.17) is 28.3 Å². The predicted molar refractivity (Wildman–Crippen MR) is 359 cm³/mol. The number of nitrogen functional groups attached to an aromatic ring is 1. The normalized spacial score (nSPS) is 13.3. The largest absolute Gasteiger partial charge is 0.487 e. The molecule has 10 heterocycles. The highest BCUT2D eigenvalue weighted by Crippen LogP contribution is 2.37. The summed E-state index contributed by atoms with van der Waals surface area (Å²) in [5.41, 5.74) is 11.4. The average Bonchev–Trinajstić information content (AvgIpc) is 1.51. The fourth-order valence-electron chi connectivity index (χ4n) is 9.53. The molecule has 14 rings (SSSR count). The molecule has 96 heavy (non-hydrogen) atoms. The van der Waals surface area contributed by atoms with Gasteiger partial charge in [0.2, 0.25) is 0 Å². The number of carbonyl (C=O) groups excluding carboxylic acids is 3. The van der Waals surface area contributed by atoms with E-state index in [1.165, 1.54) is 61.3 Å². The minimum atomic E-state index is -0.740. The Bertz CT molecular complexity index is 4960. The van der Waals surface area contributed by atoms with Crippen molar-refractivity contribution in [1.29, 1.82) is 0 Å². The van der Waals surface area contributed by atoms with Crippen molar-refractivity contribution in [2.24, 2.45) is 0 Å². The molecule has 0 unspecified atom stereocenters. The van der Waals surface area contributed by atoms with Crippen LogP contribution in [0.4, 0.5) is 34.6 Å². The maximum Gasteiger partial charge on any atom is 0.487 e. The first-order valence-electron chi connectivity index (χ1n) is 29.5. The first-order chi connectivity index (χ1) is 46.3. The van der Waals surface area contributed by atoms with Crippen LogP contribution in [0.3, 0.4) is 0 Å². The second-order valence-corrected chi connectivity index (χ2v) is 22.2. The maximum atomic E-state index is 15.2. The third-order valence-electron chi connectivity index (χ3n) is 14.9. The second kappa shape index (κ2) is 29.1. The first-order valence-corrected chi connectivity index (χ1v) is 29.5. The Hall–Kier alpha value is -12.3. The van der Waals surface area contributed by atoms with Crippen LogP contribution < -0.4 is 16.4 Å². The number of nitrogens with two attached hydrogens (primary N) is 1. The molecule has 0 radical (unpaired) electrons. The standard InChI is InChI=1S/C24H15FN4O4.C19H13FN4O2.C14H18BFO2.C14H11FN4/c25-18-13-16(27-23(30)20-5-2-10-32-20)12-17-19(8-7-15-4-1-9-26-14-15)28-29(22(17)18)24(31)21-6-3-11-33-21;20-15-10-13(22-19(25)17-4-2-8-26-17)9-14-16(23-24-18(14)15)6-5-12-3-1-7-21-11-12;1-13(2)14(3,4)18-15(17-13)9-8-11-6-5-7-12(16)10-11;15-12-7-10(16)6-11-13(18-19-14(11)12)4-3-9-2-1-5-17-8-9/h1-14H,(H,27,30);1-11H,(H,22,25)(H,23,24);5-10H,1-4H3;1-8H,16H2,(H,18,19)/b8-7+;6-5+;9-8+;4-3+. The Balaban J connectivity index is 0.000000134. The number of H-pyrrole nitrogens is 2. The van der Waals surface area contributed by atoms with Gasteiger partial charge in [0, 0.05) is 70.4 Å². The van der Waals surface area contributed by atoms with Crippen LogP contribution in [0.15, 0.2) is 209 Å². The molecule has 0 spiro atoms. The van der Waals surface area contributed by atoms with Crippen molar-refractivity contribution in [3.05, 3.63) is 275 Å². The lowest BCUT2D eigenvalue weighted by molar-refractivity contribution is 0.00578. The van der Waals surface area contributed by atoms with E-state index >= 15 is 4.39 Å². The van der Waals surface area contributed by atoms with Crippen molar-refractivity contribution >= 4 is 117 Å². The molecule has 0 bridgehead atoms. The molecule has 13 aromatic rings. The Morgan fingerprint density at radius 3 is 1.50 bits per heavy atom. The lowest BCUT2D eigenvalue weighted by Crippen LogP contribution is -2.41. The predicted octanol–water partition coefficient (Wildman–Crippen LogP) is 15.3. The van der Waals surface area contributed by atoms with Gasteiger partial charge < -0.3 is 38.9 Å². The summed E-state index contributed by atoms with van der Waals surface area (Å²) < 4.78 is 84.1. The number of aromatic amines is 2. The number of benzene rings is 4. The van der Waals surface area contributed by atoms with E-state index in [0.29, 0.717) is 50.1 Å². The van der Waals surface area contributed by atoms with E-state index in [-0.39, 0.29) is 51.0 Å². The summed E-state index contributed by atoms with van der Waals surface area (Å²) >= 11 is 0. The summed E-state index contributed by atoms with van der Waals surface area (Å²) in [7, 11) is -0.390. The Morgan fingerprint density at radius 2 is 1.00 bits per heavy atom. The van der Waals surface area contributed by atoms with Gasteiger partial charge in [0.05, 0.1) is 47.1 Å². The highest BCUT2D eigenvalue weighted by molar-refractivity contribution is 6.52. The molecule has 20 nitrogen and oxygen atoms in total. The number of rotatable bonds is 13. The number of fused-ring (bicyclic) bond motifs is 3. The molecule has 0 saturated carbocycles. The van der Waals surface area contributed by atoms with Crippen molar-refractivity contribution in [2.45, 2.75) is 38.9 Å². The molecule has 480 valence electrons. The lowest BCUT2D eigenvalue weighted by atomic mass is 9.89. The number of amides is 2. The van der Waals surface area contributed by atoms with Crippen LogP contribution in [-0.4, -0.2) is 81.2 Å². The summed E-state index contributed by atoms with van der Waals surface area (Å²) in [6.45, 7) is 8.01. The van der Waals surface area contributed by atoms with Gasteiger partial charge in [0.15, 0.2) is 34.7 Å². The van der Waals surface area contributed by atoms with E-state index in [1.807, 2.05) is 94.4 Å². The van der Waals surface area contributed by atoms with Crippen molar-refractivity contribution < 1.29 is 54.5 Å². The number of hydrogen-bond donors (Lipinski definition) is 5. The highest BCUT2D eigenvalue weighted by atomic mass is 19.1. The van der Waals surface area contributed by atoms with Crippen molar-refractivity contribution in [2.75, 3.05) is 16.4 Å². The van der Waals surface area contributed by atoms with Gasteiger partial charge in [-0.1, -0.05) is 60.6 Å². The molecule has 0 aliphatic carbocycles. The molecule has 25 heteroatoms. The summed E-state index contributed by atoms with van der Waals surface area (Å²) in [4.78, 5) is 49.4. The zero-order valence-electron chi connectivity index (χ0n) is 51.6. The molecule has 0 atom stereocenters. The number of aromatic nitrogens is 9. The summed E-state index contributed by atoms with van der Waals surface area (Å²) in [5, 5.41) is 24.6. The first kappa shape index (κ1) is 65.2. The fraction of sp³-hybridized carbons (Fsp3) is 0.0845. The highest BCUT2D eigenvalue weighted by Gasteiger charge is 2.50. The quantitative estimate of drug-likeness (QED) is 0.0408. The number of hydrogen-bond acceptors (Lipinski definition) is 15. The summed E-state index contributed by atoms with van der Waals surface area (Å²) in [6, 6.07) is 35.3. The van der Waals surface area contributed by atoms with Gasteiger partial charge >= 0.3 is 13.0 Å². The number of nitrogens with one attached hydrogen (secondary N) is 4. The minimum absolute atomic E-state index is 0.0109. The van der Waals surface area contributed by atoms with Crippen LogP contribution in [0.2, 0.25) is 0 Å². The van der Waals surface area contributed by atoms with Crippen LogP contribution in [0.25, 0.3) is 75.2 Å². The van der Waals surface area contributed by atoms with Gasteiger partial charge in [0.25, 0.3) is 11.8 Å². The number of nitrogens with zero attached hydrogens (tertiary/aromatic N) is 7. The van der Waals surface area contributed by atoms with E-state index < -0.39 is 42.3 Å². The minimum Gasteiger partial charge on any atom is -0.459 e. The zero-order chi connectivity index (χ0) is 67.3. The number of anilines is 3. The molecular formula is C71H57BF4N12O8. The van der Waals surface area contributed by atoms with Gasteiger partial charge in [-0.2, -0.15) is 20.0 Å². The summed E-state index contributed by atoms with van der Waals surface area (Å²) in [6.07, 6.45) is 26.8. The van der Waals surface area contributed by atoms with Gasteiger partial charge in [0.1, 0.15) is 22.4 Å². The summed E-state index contributed by atoms with van der Waals surface area (Å²) in [5.74, 6) is -1.51. The Morgan fingerprint density at radius 1 is 0.521 bits per heavy atom. The second-order valence-electron chi connectivity index (χ2n) is 22.2. The van der Waals surface area contributed by atoms with Gasteiger partial charge in [-0.15, -0.1) is 0 Å². The molecule has 1 aliphatic rings. The number of halogens is 4. The third kappa shape index (κ3) is 15.7. The monoisotopic (exact) mass is 1290 g/mol. The third-order valence-corrected chi connectivity index (χ3v) is 14.9. The SMILES string of the molecule is CC1(C)OB(/C=C/c2cccc(F)c2)OC1(C)C.Nc1cc(F)c2n[nH]c(/C=C/c3cccnc3)c2c1.O=C(Nc1cc(F)c2c(c1)c(/C=C/c1cccnc1)nn2C(=O)c1ccco1)c1ccco1.O=C(Nc1cc(F)c2n[nH]c(/C=C/c3cccnc3)c2c1)c1ccco1. The molecule has 2 amide bonds. The molecule has 1 aliphatic heterocycles. The van der Waals surface area contributed by atoms with Crippen LogP contribution in [0.1, 0.15) is 98.7 Å². The topological polar surface area (TPSA) is 273 Å². The molecule has 1 saturated heterocycles. The van der Waals surface area contributed by atoms with Gasteiger partial charge in [-0.3, -0.25) is 39.5 Å². The molecule has 6 N–H and O–H groups in total. The molecule has 4 aromatic carbocycles. The Kier molecular flexibility index (Phi) is 19.7. The number of pyridine rings is 3. The number of carbonyl (C=O) groups is 3. The van der Waals surface area contributed by atoms with E-state index in [1.54, 1.807) is 104 Å². The fourth-order valence-corrected chi connectivity index (χ4v) is 9.53. The number of furan rings is 3.